The van der Waals surface area contributed by atoms with Gasteiger partial charge in [-0.3, -0.25) is 24.5 Å². The van der Waals surface area contributed by atoms with Crippen LogP contribution < -0.4 is 25.0 Å². The molecule has 1 fully saturated rings. The molecule has 2 aliphatic heterocycles. The van der Waals surface area contributed by atoms with Gasteiger partial charge in [0, 0.05) is 56.4 Å². The molecule has 57 heavy (non-hydrogen) atoms. The first kappa shape index (κ1) is 39.2. The van der Waals surface area contributed by atoms with E-state index in [2.05, 4.69) is 20.6 Å². The number of benzene rings is 3. The molecule has 16 heteroatoms. The van der Waals surface area contributed by atoms with E-state index in [9.17, 15) is 32.3 Å². The number of nitrogens with one attached hydrogen (secondary N) is 2. The molecule has 12 nitrogen and oxygen atoms in total. The largest absolute Gasteiger partial charge is 0.494 e. The van der Waals surface area contributed by atoms with Crippen molar-refractivity contribution in [3.8, 4) is 33.2 Å². The zero-order chi connectivity index (χ0) is 40.3. The molecule has 5 aromatic rings. The summed E-state index contributed by atoms with van der Waals surface area (Å²) in [5, 5.41) is 5.37. The number of piperidine rings is 1. The molecular formula is C41H39F3N6O6S. The number of pyridine rings is 1. The molecule has 296 valence electrons. The van der Waals surface area contributed by atoms with E-state index in [1.165, 1.54) is 11.0 Å². The van der Waals surface area contributed by atoms with E-state index >= 15 is 0 Å². The van der Waals surface area contributed by atoms with Gasteiger partial charge in [0.15, 0.2) is 0 Å². The lowest BCUT2D eigenvalue weighted by Crippen LogP contribution is -2.52. The summed E-state index contributed by atoms with van der Waals surface area (Å²) in [4.78, 5) is 61.2. The molecule has 1 unspecified atom stereocenters. The summed E-state index contributed by atoms with van der Waals surface area (Å²) in [5.41, 5.74) is 1.98. The predicted octanol–water partition coefficient (Wildman–Crippen LogP) is 6.62. The summed E-state index contributed by atoms with van der Waals surface area (Å²) in [6.07, 6.45) is -1.10. The van der Waals surface area contributed by atoms with Crippen LogP contribution in [0.5, 0.6) is 11.5 Å². The fourth-order valence-electron chi connectivity index (χ4n) is 6.74. The topological polar surface area (TPSA) is 143 Å². The van der Waals surface area contributed by atoms with E-state index in [1.807, 2.05) is 19.0 Å². The average molecular weight is 801 g/mol. The van der Waals surface area contributed by atoms with Gasteiger partial charge in [-0.05, 0) is 85.0 Å². The Kier molecular flexibility index (Phi) is 11.4. The number of hydrogen-bond donors (Lipinski definition) is 2. The van der Waals surface area contributed by atoms with Gasteiger partial charge in [-0.1, -0.05) is 12.1 Å². The molecule has 1 saturated heterocycles. The molecule has 2 aliphatic rings. The van der Waals surface area contributed by atoms with Crippen LogP contribution >= 0.6 is 11.3 Å². The van der Waals surface area contributed by atoms with Crippen molar-refractivity contribution in [3.05, 3.63) is 89.6 Å². The van der Waals surface area contributed by atoms with Crippen LogP contribution in [0.3, 0.4) is 0 Å². The summed E-state index contributed by atoms with van der Waals surface area (Å²) in [7, 11) is 3.68. The van der Waals surface area contributed by atoms with Crippen LogP contribution in [0.1, 0.15) is 53.6 Å². The number of anilines is 1. The van der Waals surface area contributed by atoms with Crippen LogP contribution in [0, 0.1) is 0 Å². The highest BCUT2D eigenvalue weighted by molar-refractivity contribution is 7.21. The van der Waals surface area contributed by atoms with Crippen LogP contribution in [0.4, 0.5) is 19.0 Å². The molecular weight excluding hydrogens is 762 g/mol. The number of alkyl halides is 3. The molecule has 0 radical (unpaired) electrons. The lowest BCUT2D eigenvalue weighted by molar-refractivity contribution is -0.138. The normalized spacial score (nSPS) is 15.4. The minimum Gasteiger partial charge on any atom is -0.494 e. The first-order valence-corrected chi connectivity index (χ1v) is 19.2. The number of carbonyl (C=O) groups excluding carboxylic acids is 4. The average Bonchev–Trinajstić information content (AvgIpc) is 3.76. The first-order chi connectivity index (χ1) is 27.3. The summed E-state index contributed by atoms with van der Waals surface area (Å²) in [6, 6.07) is 17.3. The molecule has 2 N–H and O–H groups in total. The third-order valence-corrected chi connectivity index (χ3v) is 10.8. The third kappa shape index (κ3) is 9.01. The van der Waals surface area contributed by atoms with E-state index in [-0.39, 0.29) is 67.3 Å². The van der Waals surface area contributed by atoms with Gasteiger partial charge < -0.3 is 24.6 Å². The Balaban J connectivity index is 0.849. The number of unbranched alkanes of at least 4 members (excludes halogenated alkanes) is 1. The van der Waals surface area contributed by atoms with Crippen LogP contribution in [-0.2, 0) is 27.1 Å². The van der Waals surface area contributed by atoms with Gasteiger partial charge in [-0.2, -0.15) is 13.2 Å². The molecule has 0 saturated carbocycles. The lowest BCUT2D eigenvalue weighted by Gasteiger charge is -2.29. The van der Waals surface area contributed by atoms with E-state index in [1.54, 1.807) is 60.8 Å². The summed E-state index contributed by atoms with van der Waals surface area (Å²) in [5.74, 6) is 0.584. The molecule has 0 bridgehead atoms. The standard InChI is InChI=1S/C41H39F3N6O6S/c1-49(2)35-14-7-25(22-46-35)24-6-10-30(31(20-24)41(42,43)44)39-47-32-12-9-28(21-34(32)57-39)55-17-4-3-5-36(51)45-16-18-56-27-8-11-29-26(19-27)23-50(40(29)54)33-13-15-37(52)48-38(33)53/h6-12,14,19-22,33H,3-5,13,15-18,23H2,1-2H3,(H,45,51)(H,48,52,53). The number of halogens is 3. The number of rotatable bonds is 14. The van der Waals surface area contributed by atoms with Gasteiger partial charge >= 0.3 is 6.18 Å². The Morgan fingerprint density at radius 1 is 0.947 bits per heavy atom. The van der Waals surface area contributed by atoms with E-state index in [4.69, 9.17) is 9.47 Å². The Labute approximate surface area is 330 Å². The third-order valence-electron chi connectivity index (χ3n) is 9.71. The SMILES string of the molecule is CN(C)c1ccc(-c2ccc(-c3nc4ccc(OCCCCC(=O)NCCOc5ccc6c(c5)CN(C5CCC(=O)NC5=O)C6=O)cc4s3)c(C(F)(F)F)c2)cn1. The van der Waals surface area contributed by atoms with Gasteiger partial charge in [-0.25, -0.2) is 9.97 Å². The van der Waals surface area contributed by atoms with Gasteiger partial charge in [0.2, 0.25) is 17.7 Å². The maximum absolute atomic E-state index is 14.3. The van der Waals surface area contributed by atoms with E-state index in [0.29, 0.717) is 63.7 Å². The number of thiazole rings is 1. The predicted molar refractivity (Wildman–Crippen MR) is 208 cm³/mol. The molecule has 4 amide bonds. The maximum Gasteiger partial charge on any atom is 0.417 e. The Hall–Kier alpha value is -6.03. The number of hydrogen-bond acceptors (Lipinski definition) is 10. The van der Waals surface area contributed by atoms with Gasteiger partial charge in [0.25, 0.3) is 5.91 Å². The number of carbonyl (C=O) groups is 4. The van der Waals surface area contributed by atoms with Crippen LogP contribution in [0.25, 0.3) is 31.9 Å². The summed E-state index contributed by atoms with van der Waals surface area (Å²) in [6.45, 7) is 1.08. The number of aromatic nitrogens is 2. The van der Waals surface area contributed by atoms with E-state index in [0.717, 1.165) is 23.0 Å². The van der Waals surface area contributed by atoms with E-state index < -0.39 is 23.7 Å². The number of fused-ring (bicyclic) bond motifs is 2. The van der Waals surface area contributed by atoms with Crippen LogP contribution in [0.2, 0.25) is 0 Å². The molecule has 7 rings (SSSR count). The van der Waals surface area contributed by atoms with Crippen molar-refractivity contribution in [3.63, 3.8) is 0 Å². The Bertz CT molecular complexity index is 2330. The molecule has 3 aromatic carbocycles. The maximum atomic E-state index is 14.3. The smallest absolute Gasteiger partial charge is 0.417 e. The van der Waals surface area contributed by atoms with Crippen molar-refractivity contribution >= 4 is 51.0 Å². The van der Waals surface area contributed by atoms with Crippen molar-refractivity contribution in [1.29, 1.82) is 0 Å². The van der Waals surface area contributed by atoms with Gasteiger partial charge in [0.1, 0.15) is 35.0 Å². The second-order valence-electron chi connectivity index (χ2n) is 13.9. The highest BCUT2D eigenvalue weighted by Crippen LogP contribution is 2.42. The minimum atomic E-state index is -4.60. The first-order valence-electron chi connectivity index (χ1n) is 18.4. The Morgan fingerprint density at radius 3 is 2.46 bits per heavy atom. The minimum absolute atomic E-state index is 0.00126. The monoisotopic (exact) mass is 800 g/mol. The fraction of sp³-hybridized carbons (Fsp3) is 0.317. The highest BCUT2D eigenvalue weighted by atomic mass is 32.1. The van der Waals surface area contributed by atoms with Crippen molar-refractivity contribution in [2.24, 2.45) is 0 Å². The number of ether oxygens (including phenoxy) is 2. The summed E-state index contributed by atoms with van der Waals surface area (Å²) >= 11 is 1.16. The van der Waals surface area contributed by atoms with Crippen LogP contribution in [-0.4, -0.2) is 78.4 Å². The number of amides is 4. The second kappa shape index (κ2) is 16.6. The summed E-state index contributed by atoms with van der Waals surface area (Å²) < 4.78 is 55.3. The van der Waals surface area contributed by atoms with Crippen molar-refractivity contribution in [2.75, 3.05) is 38.8 Å². The molecule has 1 atom stereocenters. The lowest BCUT2D eigenvalue weighted by atomic mass is 10.00. The molecule has 0 spiro atoms. The van der Waals surface area contributed by atoms with Crippen molar-refractivity contribution in [2.45, 2.75) is 50.9 Å². The molecule has 2 aromatic heterocycles. The van der Waals surface area contributed by atoms with Gasteiger partial charge in [-0.15, -0.1) is 11.3 Å². The van der Waals surface area contributed by atoms with Gasteiger partial charge in [0.05, 0.1) is 28.9 Å². The Morgan fingerprint density at radius 2 is 1.70 bits per heavy atom. The second-order valence-corrected chi connectivity index (χ2v) is 15.0. The number of nitrogens with zero attached hydrogens (tertiary/aromatic N) is 4. The zero-order valence-corrected chi connectivity index (χ0v) is 32.0. The van der Waals surface area contributed by atoms with Crippen molar-refractivity contribution in [1.82, 2.24) is 25.5 Å². The van der Waals surface area contributed by atoms with Crippen LogP contribution in [0.15, 0.2) is 72.9 Å². The molecule has 4 heterocycles. The number of imide groups is 1. The van der Waals surface area contributed by atoms with Crippen molar-refractivity contribution < 1.29 is 41.8 Å². The fourth-order valence-corrected chi connectivity index (χ4v) is 7.78. The highest BCUT2D eigenvalue weighted by Gasteiger charge is 2.39. The molecule has 0 aliphatic carbocycles. The quantitative estimate of drug-likeness (QED) is 0.0937. The zero-order valence-electron chi connectivity index (χ0n) is 31.2.